The maximum Gasteiger partial charge on any atom is 0.472 e. The van der Waals surface area contributed by atoms with Crippen LogP contribution in [0.15, 0.2) is 12.2 Å². The van der Waals surface area contributed by atoms with Crippen LogP contribution in [0.25, 0.3) is 0 Å². The van der Waals surface area contributed by atoms with Crippen LogP contribution >= 0.6 is 15.6 Å². The molecule has 7 N–H and O–H groups in total. The van der Waals surface area contributed by atoms with Gasteiger partial charge in [-0.1, -0.05) is 129 Å². The molecule has 2 unspecified atom stereocenters. The highest BCUT2D eigenvalue weighted by molar-refractivity contribution is 7.47. The van der Waals surface area contributed by atoms with Crippen molar-refractivity contribution in [3.8, 4) is 0 Å². The highest BCUT2D eigenvalue weighted by Gasteiger charge is 2.39. The van der Waals surface area contributed by atoms with Crippen molar-refractivity contribution >= 4 is 27.6 Å². The third-order valence-corrected chi connectivity index (χ3v) is 12.2. The summed E-state index contributed by atoms with van der Waals surface area (Å²) >= 11 is 0. The van der Waals surface area contributed by atoms with E-state index in [1.807, 2.05) is 6.08 Å². The van der Waals surface area contributed by atoms with Gasteiger partial charge in [-0.05, 0) is 37.5 Å². The van der Waals surface area contributed by atoms with Gasteiger partial charge in [-0.3, -0.25) is 23.2 Å². The second-order valence-electron chi connectivity index (χ2n) is 16.2. The maximum atomic E-state index is 12.7. The molecule has 348 valence electrons. The molecular formula is C41H78O16P2. The molecule has 0 bridgehead atoms. The summed E-state index contributed by atoms with van der Waals surface area (Å²) in [5, 5.41) is 41.1. The van der Waals surface area contributed by atoms with Crippen LogP contribution in [0.1, 0.15) is 162 Å². The summed E-state index contributed by atoms with van der Waals surface area (Å²) in [7, 11) is -9.74. The summed E-state index contributed by atoms with van der Waals surface area (Å²) in [5.41, 5.74) is 0. The molecule has 0 saturated heterocycles. The highest BCUT2D eigenvalue weighted by atomic mass is 31.2. The van der Waals surface area contributed by atoms with Crippen LogP contribution in [-0.4, -0.2) is 104 Å². The van der Waals surface area contributed by atoms with E-state index >= 15 is 0 Å². The summed E-state index contributed by atoms with van der Waals surface area (Å²) in [4.78, 5) is 52.9. The Morgan fingerprint density at radius 2 is 1.25 bits per heavy atom. The van der Waals surface area contributed by atoms with Crippen molar-refractivity contribution < 1.29 is 76.9 Å². The Morgan fingerprint density at radius 1 is 0.695 bits per heavy atom. The summed E-state index contributed by atoms with van der Waals surface area (Å²) in [6.07, 6.45) is 17.2. The number of hydrogen-bond donors (Lipinski definition) is 7. The number of esters is 2. The number of hydrogen-bond acceptors (Lipinski definition) is 13. The Kier molecular flexibility index (Phi) is 30.6. The topological polar surface area (TPSA) is 256 Å². The van der Waals surface area contributed by atoms with Gasteiger partial charge in [-0.25, -0.2) is 9.13 Å². The second kappa shape index (κ2) is 32.4. The van der Waals surface area contributed by atoms with E-state index in [0.29, 0.717) is 38.5 Å². The fourth-order valence-corrected chi connectivity index (χ4v) is 8.16. The Morgan fingerprint density at radius 3 is 1.88 bits per heavy atom. The minimum atomic E-state index is -4.89. The molecule has 1 saturated carbocycles. The average Bonchev–Trinajstić information content (AvgIpc) is 3.45. The molecule has 0 aromatic heterocycles. The number of unbranched alkanes of at least 4 members (excludes halogenated alkanes) is 12. The zero-order valence-electron chi connectivity index (χ0n) is 35.9. The maximum absolute atomic E-state index is 12.7. The van der Waals surface area contributed by atoms with E-state index in [2.05, 4.69) is 29.8 Å². The number of aliphatic hydroxyl groups is 4. The molecule has 9 atom stereocenters. The molecule has 0 heterocycles. The molecule has 1 rings (SSSR count). The lowest BCUT2D eigenvalue weighted by Gasteiger charge is -2.21. The molecule has 1 aliphatic carbocycles. The highest BCUT2D eigenvalue weighted by Crippen LogP contribution is 2.44. The molecule has 0 aromatic carbocycles. The van der Waals surface area contributed by atoms with Crippen LogP contribution in [0.2, 0.25) is 0 Å². The van der Waals surface area contributed by atoms with E-state index in [0.717, 1.165) is 63.7 Å². The molecule has 0 aromatic rings. The van der Waals surface area contributed by atoms with E-state index in [4.69, 9.17) is 23.8 Å². The van der Waals surface area contributed by atoms with Crippen LogP contribution in [-0.2, 0) is 41.8 Å². The number of rotatable bonds is 37. The molecule has 16 nitrogen and oxygen atoms in total. The molecular weight excluding hydrogens is 810 g/mol. The van der Waals surface area contributed by atoms with E-state index in [-0.39, 0.29) is 24.7 Å². The smallest absolute Gasteiger partial charge is 0.462 e. The predicted octanol–water partition coefficient (Wildman–Crippen LogP) is 7.19. The molecule has 0 spiro atoms. The lowest BCUT2D eigenvalue weighted by Crippen LogP contribution is -2.30. The SMILES string of the molecule is CCCCC[C@H](O)/C=C/[C@@H]1[C@@H](CCCCCCC(=O)OC[C@H](COP(=O)(O)OC[C@@H](O)COP(=O)(O)O)OC(=O)CCCCCCCCCCC(C)CC)[C@@H](O)C[C@H]1O. The third-order valence-electron chi connectivity index (χ3n) is 10.8. The fourth-order valence-electron chi connectivity index (χ4n) is 7.01. The van der Waals surface area contributed by atoms with E-state index in [1.165, 1.54) is 32.1 Å². The van der Waals surface area contributed by atoms with Crippen molar-refractivity contribution in [3.05, 3.63) is 12.2 Å². The lowest BCUT2D eigenvalue weighted by molar-refractivity contribution is -0.161. The normalized spacial score (nSPS) is 21.6. The predicted molar refractivity (Wildman–Crippen MR) is 223 cm³/mol. The number of carbonyl (C=O) groups excluding carboxylic acids is 2. The second-order valence-corrected chi connectivity index (χ2v) is 18.9. The first kappa shape index (κ1) is 55.8. The van der Waals surface area contributed by atoms with Crippen LogP contribution in [0, 0.1) is 17.8 Å². The Hall–Kier alpha value is -1.26. The zero-order valence-corrected chi connectivity index (χ0v) is 37.6. The number of carbonyl (C=O) groups is 2. The van der Waals surface area contributed by atoms with Gasteiger partial charge >= 0.3 is 27.6 Å². The number of phosphoric acid groups is 2. The standard InChI is InChI=1S/C41H78O16P2/c1-4-6-15-21-33(42)25-26-37-36(38(44)27-39(37)45)22-17-13-14-18-23-40(46)53-30-35(31-56-59(51,52)55-29-34(43)28-54-58(48,49)50)57-41(47)24-19-12-10-8-7-9-11-16-20-32(3)5-2/h25-26,32-39,42-45H,4-24,27-31H2,1-3H3,(H,51,52)(H2,48,49,50)/b26-25+/t32?,33-,34-,35+,36+,37+,38-,39+/m0/s1. The van der Waals surface area contributed by atoms with E-state index < -0.39 is 84.5 Å². The Bertz CT molecular complexity index is 1230. The molecule has 0 aliphatic heterocycles. The Labute approximate surface area is 352 Å². The summed E-state index contributed by atoms with van der Waals surface area (Å²) in [5.74, 6) is -0.754. The molecule has 59 heavy (non-hydrogen) atoms. The van der Waals surface area contributed by atoms with Gasteiger partial charge in [0.05, 0.1) is 38.1 Å². The van der Waals surface area contributed by atoms with Crippen molar-refractivity contribution in [2.75, 3.05) is 26.4 Å². The van der Waals surface area contributed by atoms with E-state index in [9.17, 15) is 44.0 Å². The van der Waals surface area contributed by atoms with Gasteiger partial charge in [-0.15, -0.1) is 0 Å². The van der Waals surface area contributed by atoms with Gasteiger partial charge in [0, 0.05) is 25.2 Å². The number of ether oxygens (including phenoxy) is 2. The summed E-state index contributed by atoms with van der Waals surface area (Å²) < 4.78 is 47.8. The van der Waals surface area contributed by atoms with Crippen molar-refractivity contribution in [1.29, 1.82) is 0 Å². The minimum absolute atomic E-state index is 0.0710. The summed E-state index contributed by atoms with van der Waals surface area (Å²) in [6, 6.07) is 0. The summed E-state index contributed by atoms with van der Waals surface area (Å²) in [6.45, 7) is 3.71. The molecule has 1 aliphatic rings. The van der Waals surface area contributed by atoms with Gasteiger partial charge < -0.3 is 44.6 Å². The molecule has 0 radical (unpaired) electrons. The van der Waals surface area contributed by atoms with Crippen molar-refractivity contribution in [3.63, 3.8) is 0 Å². The lowest BCUT2D eigenvalue weighted by atomic mass is 9.88. The first-order chi connectivity index (χ1) is 28.0. The quantitative estimate of drug-likeness (QED) is 0.0141. The third kappa shape index (κ3) is 29.6. The van der Waals surface area contributed by atoms with Gasteiger partial charge in [-0.2, -0.15) is 0 Å². The Balaban J connectivity index is 2.54. The molecule has 1 fully saturated rings. The zero-order chi connectivity index (χ0) is 44.1. The monoisotopic (exact) mass is 888 g/mol. The largest absolute Gasteiger partial charge is 0.472 e. The first-order valence-electron chi connectivity index (χ1n) is 22.0. The minimum Gasteiger partial charge on any atom is -0.462 e. The van der Waals surface area contributed by atoms with Gasteiger partial charge in [0.25, 0.3) is 0 Å². The van der Waals surface area contributed by atoms with Crippen molar-refractivity contribution in [2.24, 2.45) is 17.8 Å². The van der Waals surface area contributed by atoms with Gasteiger partial charge in [0.1, 0.15) is 12.7 Å². The van der Waals surface area contributed by atoms with Gasteiger partial charge in [0.15, 0.2) is 6.10 Å². The van der Waals surface area contributed by atoms with Crippen LogP contribution in [0.5, 0.6) is 0 Å². The van der Waals surface area contributed by atoms with Crippen LogP contribution < -0.4 is 0 Å². The van der Waals surface area contributed by atoms with Gasteiger partial charge in [0.2, 0.25) is 0 Å². The van der Waals surface area contributed by atoms with Crippen LogP contribution in [0.3, 0.4) is 0 Å². The number of phosphoric ester groups is 2. The van der Waals surface area contributed by atoms with Crippen LogP contribution in [0.4, 0.5) is 0 Å². The average molecular weight is 889 g/mol. The first-order valence-corrected chi connectivity index (χ1v) is 25.1. The number of aliphatic hydroxyl groups excluding tert-OH is 4. The van der Waals surface area contributed by atoms with Crippen molar-refractivity contribution in [2.45, 2.75) is 193 Å². The van der Waals surface area contributed by atoms with E-state index in [1.54, 1.807) is 6.08 Å². The van der Waals surface area contributed by atoms with Crippen molar-refractivity contribution in [1.82, 2.24) is 0 Å². The fraction of sp³-hybridized carbons (Fsp3) is 0.902. The molecule has 0 amide bonds. The molecule has 18 heteroatoms.